The number of carbonyl (C=O) groups is 1. The monoisotopic (exact) mass is 219 g/mol. The van der Waals surface area contributed by atoms with Crippen LogP contribution in [0.3, 0.4) is 0 Å². The first-order valence-electron chi connectivity index (χ1n) is 5.25. The molecule has 0 spiro atoms. The Balaban J connectivity index is 2.25. The van der Waals surface area contributed by atoms with Crippen molar-refractivity contribution < 1.29 is 9.90 Å². The SMILES string of the molecule is CCc1ccc2nc(CCC(=O)O)cn2n1. The van der Waals surface area contributed by atoms with Crippen LogP contribution in [0.5, 0.6) is 0 Å². The Morgan fingerprint density at radius 3 is 2.94 bits per heavy atom. The minimum Gasteiger partial charge on any atom is -0.481 e. The fraction of sp³-hybridized carbons (Fsp3) is 0.364. The fourth-order valence-corrected chi connectivity index (χ4v) is 1.51. The second-order valence-corrected chi connectivity index (χ2v) is 3.61. The van der Waals surface area contributed by atoms with E-state index in [-0.39, 0.29) is 6.42 Å². The van der Waals surface area contributed by atoms with E-state index in [0.29, 0.717) is 6.42 Å². The summed E-state index contributed by atoms with van der Waals surface area (Å²) in [6.45, 7) is 2.04. The number of hydrogen-bond acceptors (Lipinski definition) is 3. The lowest BCUT2D eigenvalue weighted by Crippen LogP contribution is -1.97. The van der Waals surface area contributed by atoms with E-state index < -0.39 is 5.97 Å². The van der Waals surface area contributed by atoms with Crippen molar-refractivity contribution in [3.8, 4) is 0 Å². The number of fused-ring (bicyclic) bond motifs is 1. The Bertz CT molecular complexity index is 519. The van der Waals surface area contributed by atoms with Crippen LogP contribution >= 0.6 is 0 Å². The summed E-state index contributed by atoms with van der Waals surface area (Å²) in [5.41, 5.74) is 2.52. The van der Waals surface area contributed by atoms with Gasteiger partial charge in [-0.05, 0) is 18.6 Å². The fourth-order valence-electron chi connectivity index (χ4n) is 1.51. The van der Waals surface area contributed by atoms with Gasteiger partial charge in [-0.3, -0.25) is 4.79 Å². The second-order valence-electron chi connectivity index (χ2n) is 3.61. The van der Waals surface area contributed by atoms with Gasteiger partial charge in [0.25, 0.3) is 0 Å². The average Bonchev–Trinajstić information content (AvgIpc) is 2.67. The van der Waals surface area contributed by atoms with Gasteiger partial charge in [0.15, 0.2) is 5.65 Å². The van der Waals surface area contributed by atoms with Gasteiger partial charge in [-0.25, -0.2) is 9.50 Å². The topological polar surface area (TPSA) is 67.5 Å². The van der Waals surface area contributed by atoms with Crippen LogP contribution in [0.25, 0.3) is 5.65 Å². The molecule has 16 heavy (non-hydrogen) atoms. The van der Waals surface area contributed by atoms with Crippen LogP contribution in [-0.2, 0) is 17.6 Å². The normalized spacial score (nSPS) is 10.8. The summed E-state index contributed by atoms with van der Waals surface area (Å²) in [7, 11) is 0. The molecule has 0 radical (unpaired) electrons. The van der Waals surface area contributed by atoms with Gasteiger partial charge in [-0.15, -0.1) is 0 Å². The van der Waals surface area contributed by atoms with Gasteiger partial charge in [0.2, 0.25) is 0 Å². The van der Waals surface area contributed by atoms with Gasteiger partial charge in [-0.2, -0.15) is 5.10 Å². The summed E-state index contributed by atoms with van der Waals surface area (Å²) >= 11 is 0. The maximum absolute atomic E-state index is 10.4. The van der Waals surface area contributed by atoms with Crippen LogP contribution in [0, 0.1) is 0 Å². The Morgan fingerprint density at radius 1 is 1.44 bits per heavy atom. The highest BCUT2D eigenvalue weighted by atomic mass is 16.4. The smallest absolute Gasteiger partial charge is 0.303 e. The van der Waals surface area contributed by atoms with Crippen molar-refractivity contribution in [1.82, 2.24) is 14.6 Å². The zero-order valence-corrected chi connectivity index (χ0v) is 9.05. The predicted molar refractivity (Wildman–Crippen MR) is 58.3 cm³/mol. The quantitative estimate of drug-likeness (QED) is 0.841. The standard InChI is InChI=1S/C11H13N3O2/c1-2-8-3-5-10-12-9(4-6-11(15)16)7-14(10)13-8/h3,5,7H,2,4,6H2,1H3,(H,15,16). The first-order valence-corrected chi connectivity index (χ1v) is 5.25. The Kier molecular flexibility index (Phi) is 2.85. The first-order chi connectivity index (χ1) is 7.69. The van der Waals surface area contributed by atoms with E-state index in [0.717, 1.165) is 23.5 Å². The molecule has 0 saturated carbocycles. The van der Waals surface area contributed by atoms with Gasteiger partial charge in [0.1, 0.15) is 0 Å². The van der Waals surface area contributed by atoms with Crippen LogP contribution in [0.2, 0.25) is 0 Å². The van der Waals surface area contributed by atoms with E-state index in [9.17, 15) is 4.79 Å². The third kappa shape index (κ3) is 2.18. The molecule has 1 N–H and O–H groups in total. The molecular formula is C11H13N3O2. The molecule has 0 aromatic carbocycles. The molecule has 2 heterocycles. The predicted octanol–water partition coefficient (Wildman–Crippen LogP) is 1.31. The molecule has 0 aliphatic carbocycles. The number of aromatic nitrogens is 3. The minimum absolute atomic E-state index is 0.102. The largest absolute Gasteiger partial charge is 0.481 e. The highest BCUT2D eigenvalue weighted by molar-refractivity contribution is 5.67. The van der Waals surface area contributed by atoms with Crippen LogP contribution in [0.4, 0.5) is 0 Å². The maximum atomic E-state index is 10.4. The lowest BCUT2D eigenvalue weighted by Gasteiger charge is -1.95. The van der Waals surface area contributed by atoms with E-state index in [2.05, 4.69) is 10.1 Å². The summed E-state index contributed by atoms with van der Waals surface area (Å²) in [6, 6.07) is 3.83. The molecule has 0 unspecified atom stereocenters. The third-order valence-corrected chi connectivity index (χ3v) is 2.38. The number of nitrogens with zero attached hydrogens (tertiary/aromatic N) is 3. The van der Waals surface area contributed by atoms with Crippen molar-refractivity contribution >= 4 is 11.6 Å². The highest BCUT2D eigenvalue weighted by Gasteiger charge is 2.05. The molecule has 0 bridgehead atoms. The highest BCUT2D eigenvalue weighted by Crippen LogP contribution is 2.07. The Hall–Kier alpha value is -1.91. The van der Waals surface area contributed by atoms with E-state index in [1.54, 1.807) is 10.7 Å². The van der Waals surface area contributed by atoms with Crippen LogP contribution < -0.4 is 0 Å². The number of imidazole rings is 1. The molecule has 0 fully saturated rings. The van der Waals surface area contributed by atoms with Crippen LogP contribution in [0.1, 0.15) is 24.7 Å². The zero-order valence-electron chi connectivity index (χ0n) is 9.05. The number of carboxylic acids is 1. The van der Waals surface area contributed by atoms with Crippen LogP contribution in [0.15, 0.2) is 18.3 Å². The van der Waals surface area contributed by atoms with Crippen molar-refractivity contribution in [3.05, 3.63) is 29.7 Å². The van der Waals surface area contributed by atoms with E-state index >= 15 is 0 Å². The summed E-state index contributed by atoms with van der Waals surface area (Å²) in [5.74, 6) is -0.806. The van der Waals surface area contributed by atoms with Crippen molar-refractivity contribution in [3.63, 3.8) is 0 Å². The van der Waals surface area contributed by atoms with Crippen molar-refractivity contribution in [2.45, 2.75) is 26.2 Å². The minimum atomic E-state index is -0.806. The lowest BCUT2D eigenvalue weighted by molar-refractivity contribution is -0.136. The molecule has 0 amide bonds. The van der Waals surface area contributed by atoms with Gasteiger partial charge >= 0.3 is 5.97 Å². The molecule has 2 aromatic rings. The van der Waals surface area contributed by atoms with Crippen LogP contribution in [-0.4, -0.2) is 25.7 Å². The first kappa shape index (κ1) is 10.6. The number of hydrogen-bond donors (Lipinski definition) is 1. The van der Waals surface area contributed by atoms with E-state index in [1.165, 1.54) is 0 Å². The number of rotatable bonds is 4. The summed E-state index contributed by atoms with van der Waals surface area (Å²) in [6.07, 6.45) is 3.21. The molecule has 0 atom stereocenters. The Morgan fingerprint density at radius 2 is 2.25 bits per heavy atom. The summed E-state index contributed by atoms with van der Waals surface area (Å²) < 4.78 is 1.70. The van der Waals surface area contributed by atoms with Gasteiger partial charge < -0.3 is 5.11 Å². The number of carboxylic acid groups (broad SMARTS) is 1. The summed E-state index contributed by atoms with van der Waals surface area (Å²) in [5, 5.41) is 12.9. The number of aliphatic carboxylic acids is 1. The maximum Gasteiger partial charge on any atom is 0.303 e. The molecule has 0 saturated heterocycles. The molecular weight excluding hydrogens is 206 g/mol. The average molecular weight is 219 g/mol. The number of aryl methyl sites for hydroxylation is 2. The van der Waals surface area contributed by atoms with E-state index in [4.69, 9.17) is 5.11 Å². The lowest BCUT2D eigenvalue weighted by atomic mass is 10.2. The molecule has 84 valence electrons. The molecule has 2 rings (SSSR count). The third-order valence-electron chi connectivity index (χ3n) is 2.38. The van der Waals surface area contributed by atoms with Crippen molar-refractivity contribution in [2.24, 2.45) is 0 Å². The zero-order chi connectivity index (χ0) is 11.5. The Labute approximate surface area is 92.7 Å². The van der Waals surface area contributed by atoms with E-state index in [1.807, 2.05) is 19.1 Å². The van der Waals surface area contributed by atoms with Gasteiger partial charge in [0, 0.05) is 6.42 Å². The van der Waals surface area contributed by atoms with Gasteiger partial charge in [-0.1, -0.05) is 6.92 Å². The molecule has 2 aromatic heterocycles. The van der Waals surface area contributed by atoms with Gasteiger partial charge in [0.05, 0.1) is 24.0 Å². The molecule has 0 aliphatic rings. The van der Waals surface area contributed by atoms with Crippen molar-refractivity contribution in [2.75, 3.05) is 0 Å². The van der Waals surface area contributed by atoms with Crippen molar-refractivity contribution in [1.29, 1.82) is 0 Å². The molecule has 5 heteroatoms. The summed E-state index contributed by atoms with van der Waals surface area (Å²) in [4.78, 5) is 14.7. The second kappa shape index (κ2) is 4.30. The molecule has 5 nitrogen and oxygen atoms in total. The molecule has 0 aliphatic heterocycles.